The number of pyridine rings is 1. The van der Waals surface area contributed by atoms with Gasteiger partial charge in [-0.3, -0.25) is 14.9 Å². The maximum absolute atomic E-state index is 12.5. The van der Waals surface area contributed by atoms with Crippen LogP contribution in [-0.4, -0.2) is 43.3 Å². The molecular weight excluding hydrogens is 338 g/mol. The van der Waals surface area contributed by atoms with Crippen LogP contribution in [0.25, 0.3) is 5.65 Å². The van der Waals surface area contributed by atoms with Gasteiger partial charge in [-0.25, -0.2) is 14.8 Å². The van der Waals surface area contributed by atoms with Crippen molar-refractivity contribution in [2.24, 2.45) is 7.05 Å². The van der Waals surface area contributed by atoms with Crippen LogP contribution in [-0.2, 0) is 17.4 Å². The standard InChI is InChI=1S/C16H15N7O3/c1-22-7-5-17-13(22)16(14(25)20-15(26)21-16)9-18-12(24)10-8-23-6-3-2-4-11(23)19-10/h2-8H,9H2,1H3,(H,18,24)(H2,20,21,25,26). The van der Waals surface area contributed by atoms with E-state index in [0.717, 1.165) is 0 Å². The monoisotopic (exact) mass is 353 g/mol. The molecule has 0 spiro atoms. The van der Waals surface area contributed by atoms with E-state index in [2.05, 4.69) is 25.9 Å². The molecular formula is C16H15N7O3. The molecule has 0 bridgehead atoms. The smallest absolute Gasteiger partial charge is 0.322 e. The van der Waals surface area contributed by atoms with Crippen molar-refractivity contribution in [1.82, 2.24) is 34.9 Å². The highest BCUT2D eigenvalue weighted by Gasteiger charge is 2.50. The third kappa shape index (κ3) is 2.39. The second-order valence-corrected chi connectivity index (χ2v) is 5.95. The Morgan fingerprint density at radius 3 is 2.81 bits per heavy atom. The fourth-order valence-corrected chi connectivity index (χ4v) is 2.98. The molecule has 132 valence electrons. The van der Waals surface area contributed by atoms with E-state index in [1.54, 1.807) is 40.7 Å². The topological polar surface area (TPSA) is 122 Å². The highest BCUT2D eigenvalue weighted by Crippen LogP contribution is 2.22. The zero-order chi connectivity index (χ0) is 18.3. The first-order valence-corrected chi connectivity index (χ1v) is 7.83. The number of nitrogens with one attached hydrogen (secondary N) is 3. The predicted octanol–water partition coefficient (Wildman–Crippen LogP) is -0.468. The van der Waals surface area contributed by atoms with E-state index in [1.165, 1.54) is 6.20 Å². The molecule has 10 nitrogen and oxygen atoms in total. The van der Waals surface area contributed by atoms with Gasteiger partial charge < -0.3 is 19.6 Å². The Bertz CT molecular complexity index is 1000. The highest BCUT2D eigenvalue weighted by atomic mass is 16.2. The van der Waals surface area contributed by atoms with Crippen LogP contribution < -0.4 is 16.0 Å². The van der Waals surface area contributed by atoms with E-state index in [4.69, 9.17) is 0 Å². The van der Waals surface area contributed by atoms with Gasteiger partial charge in [0.15, 0.2) is 5.54 Å². The van der Waals surface area contributed by atoms with Crippen LogP contribution in [0, 0.1) is 0 Å². The molecule has 4 rings (SSSR count). The SMILES string of the molecule is Cn1ccnc1C1(CNC(=O)c2cn3ccccc3n2)NC(=O)NC1=O. The van der Waals surface area contributed by atoms with Gasteiger partial charge in [-0.2, -0.15) is 0 Å². The number of hydrogen-bond donors (Lipinski definition) is 3. The molecule has 0 aromatic carbocycles. The van der Waals surface area contributed by atoms with Gasteiger partial charge in [0, 0.05) is 31.8 Å². The molecule has 0 saturated carbocycles. The number of nitrogens with zero attached hydrogens (tertiary/aromatic N) is 4. The maximum Gasteiger partial charge on any atom is 0.322 e. The Hall–Kier alpha value is -3.69. The molecule has 1 aliphatic rings. The molecule has 1 aliphatic heterocycles. The molecule has 26 heavy (non-hydrogen) atoms. The lowest BCUT2D eigenvalue weighted by Gasteiger charge is -2.25. The van der Waals surface area contributed by atoms with Gasteiger partial charge in [-0.1, -0.05) is 6.07 Å². The molecule has 3 aromatic rings. The number of hydrogen-bond acceptors (Lipinski definition) is 5. The Morgan fingerprint density at radius 2 is 2.15 bits per heavy atom. The van der Waals surface area contributed by atoms with E-state index in [9.17, 15) is 14.4 Å². The summed E-state index contributed by atoms with van der Waals surface area (Å²) in [6.07, 6.45) is 6.53. The minimum Gasteiger partial charge on any atom is -0.347 e. The summed E-state index contributed by atoms with van der Waals surface area (Å²) in [7, 11) is 1.70. The lowest BCUT2D eigenvalue weighted by Crippen LogP contribution is -2.54. The second-order valence-electron chi connectivity index (χ2n) is 5.95. The fraction of sp³-hybridized carbons (Fsp3) is 0.188. The van der Waals surface area contributed by atoms with Crippen molar-refractivity contribution in [1.29, 1.82) is 0 Å². The van der Waals surface area contributed by atoms with Crippen molar-refractivity contribution in [2.45, 2.75) is 5.54 Å². The summed E-state index contributed by atoms with van der Waals surface area (Å²) < 4.78 is 3.33. The molecule has 4 amide bonds. The van der Waals surface area contributed by atoms with Gasteiger partial charge in [-0.15, -0.1) is 0 Å². The minimum absolute atomic E-state index is 0.165. The van der Waals surface area contributed by atoms with Gasteiger partial charge in [0.25, 0.3) is 11.8 Å². The van der Waals surface area contributed by atoms with Crippen LogP contribution in [0.4, 0.5) is 4.79 Å². The van der Waals surface area contributed by atoms with Crippen molar-refractivity contribution in [3.05, 3.63) is 54.5 Å². The van der Waals surface area contributed by atoms with Gasteiger partial charge in [0.05, 0.1) is 6.54 Å². The van der Waals surface area contributed by atoms with Gasteiger partial charge in [-0.05, 0) is 12.1 Å². The van der Waals surface area contributed by atoms with E-state index in [0.29, 0.717) is 11.5 Å². The number of fused-ring (bicyclic) bond motifs is 1. The molecule has 3 N–H and O–H groups in total. The fourth-order valence-electron chi connectivity index (χ4n) is 2.98. The van der Waals surface area contributed by atoms with Gasteiger partial charge in [0.2, 0.25) is 0 Å². The van der Waals surface area contributed by atoms with Crippen LogP contribution in [0.5, 0.6) is 0 Å². The molecule has 10 heteroatoms. The second kappa shape index (κ2) is 5.69. The molecule has 4 heterocycles. The number of imide groups is 1. The van der Waals surface area contributed by atoms with E-state index in [-0.39, 0.29) is 12.2 Å². The van der Waals surface area contributed by atoms with E-state index in [1.807, 2.05) is 12.1 Å². The maximum atomic E-state index is 12.5. The van der Waals surface area contributed by atoms with Crippen molar-refractivity contribution < 1.29 is 14.4 Å². The lowest BCUT2D eigenvalue weighted by molar-refractivity contribution is -0.124. The number of aryl methyl sites for hydroxylation is 1. The first-order valence-electron chi connectivity index (χ1n) is 7.83. The summed E-state index contributed by atoms with van der Waals surface area (Å²) in [4.78, 5) is 45.0. The lowest BCUT2D eigenvalue weighted by atomic mass is 9.98. The molecule has 3 aromatic heterocycles. The molecule has 1 atom stereocenters. The van der Waals surface area contributed by atoms with Crippen molar-refractivity contribution in [2.75, 3.05) is 6.54 Å². The van der Waals surface area contributed by atoms with E-state index < -0.39 is 23.4 Å². The number of carbonyl (C=O) groups is 3. The van der Waals surface area contributed by atoms with Gasteiger partial charge >= 0.3 is 6.03 Å². The van der Waals surface area contributed by atoms with Crippen LogP contribution in [0.2, 0.25) is 0 Å². The average Bonchev–Trinajstić information content (AvgIpc) is 3.30. The quantitative estimate of drug-likeness (QED) is 0.548. The molecule has 0 radical (unpaired) electrons. The Kier molecular flexibility index (Phi) is 3.46. The predicted molar refractivity (Wildman–Crippen MR) is 89.1 cm³/mol. The summed E-state index contributed by atoms with van der Waals surface area (Å²) in [5.41, 5.74) is -0.649. The van der Waals surface area contributed by atoms with Crippen LogP contribution in [0.15, 0.2) is 43.0 Å². The summed E-state index contributed by atoms with van der Waals surface area (Å²) in [6, 6.07) is 4.78. The van der Waals surface area contributed by atoms with Crippen molar-refractivity contribution >= 4 is 23.5 Å². The summed E-state index contributed by atoms with van der Waals surface area (Å²) in [6.45, 7) is -0.165. The summed E-state index contributed by atoms with van der Waals surface area (Å²) in [5.74, 6) is -0.723. The van der Waals surface area contributed by atoms with Crippen LogP contribution >= 0.6 is 0 Å². The minimum atomic E-state index is -1.48. The largest absolute Gasteiger partial charge is 0.347 e. The van der Waals surface area contributed by atoms with E-state index >= 15 is 0 Å². The van der Waals surface area contributed by atoms with Gasteiger partial charge in [0.1, 0.15) is 17.2 Å². The Balaban J connectivity index is 1.61. The molecule has 1 fully saturated rings. The average molecular weight is 353 g/mol. The Morgan fingerprint density at radius 1 is 1.31 bits per heavy atom. The molecule has 0 aliphatic carbocycles. The highest BCUT2D eigenvalue weighted by molar-refractivity contribution is 6.07. The van der Waals surface area contributed by atoms with Crippen molar-refractivity contribution in [3.8, 4) is 0 Å². The third-order valence-corrected chi connectivity index (χ3v) is 4.26. The normalized spacial score (nSPS) is 19.4. The summed E-state index contributed by atoms with van der Waals surface area (Å²) in [5, 5.41) is 7.43. The first kappa shape index (κ1) is 15.8. The number of amides is 4. The zero-order valence-corrected chi connectivity index (χ0v) is 13.8. The number of rotatable bonds is 4. The number of imidazole rings is 2. The Labute approximate surface area is 147 Å². The number of carbonyl (C=O) groups excluding carboxylic acids is 3. The molecule has 1 unspecified atom stereocenters. The number of aromatic nitrogens is 4. The van der Waals surface area contributed by atoms with Crippen molar-refractivity contribution in [3.63, 3.8) is 0 Å². The summed E-state index contributed by atoms with van der Waals surface area (Å²) >= 11 is 0. The first-order chi connectivity index (χ1) is 12.5. The van der Waals surface area contributed by atoms with Crippen LogP contribution in [0.1, 0.15) is 16.3 Å². The molecule has 1 saturated heterocycles. The number of urea groups is 1. The van der Waals surface area contributed by atoms with Crippen LogP contribution in [0.3, 0.4) is 0 Å². The zero-order valence-electron chi connectivity index (χ0n) is 13.8. The third-order valence-electron chi connectivity index (χ3n) is 4.26.